The summed E-state index contributed by atoms with van der Waals surface area (Å²) in [6.45, 7) is 0. The number of furan rings is 1. The van der Waals surface area contributed by atoms with Gasteiger partial charge in [0, 0.05) is 5.56 Å². The maximum atomic E-state index is 13.0. The fraction of sp³-hybridized carbons (Fsp3) is 0.0435. The fourth-order valence-electron chi connectivity index (χ4n) is 3.18. The van der Waals surface area contributed by atoms with Gasteiger partial charge in [-0.1, -0.05) is 17.7 Å². The van der Waals surface area contributed by atoms with Crippen molar-refractivity contribution in [1.82, 2.24) is 5.32 Å². The molecule has 0 unspecified atom stereocenters. The van der Waals surface area contributed by atoms with Crippen LogP contribution >= 0.6 is 11.6 Å². The molecule has 2 heterocycles. The van der Waals surface area contributed by atoms with Gasteiger partial charge < -0.3 is 19.1 Å². The number of aromatic carboxylic acids is 1. The number of barbiturate groups is 1. The molecule has 10 heteroatoms. The number of benzene rings is 2. The van der Waals surface area contributed by atoms with Gasteiger partial charge in [-0.05, 0) is 60.2 Å². The van der Waals surface area contributed by atoms with E-state index in [9.17, 15) is 24.3 Å². The number of carboxylic acids is 1. The van der Waals surface area contributed by atoms with E-state index < -0.39 is 23.8 Å². The van der Waals surface area contributed by atoms with Crippen LogP contribution in [0.5, 0.6) is 5.75 Å². The zero-order valence-corrected chi connectivity index (χ0v) is 17.7. The number of anilines is 1. The molecule has 3 aromatic rings. The number of carbonyl (C=O) groups excluding carboxylic acids is 4. The van der Waals surface area contributed by atoms with Crippen molar-refractivity contribution in [2.75, 3.05) is 12.0 Å². The summed E-state index contributed by atoms with van der Waals surface area (Å²) in [6.07, 6.45) is 1.18. The van der Waals surface area contributed by atoms with Crippen molar-refractivity contribution in [3.05, 3.63) is 76.5 Å². The molecule has 1 N–H and O–H groups in total. The molecule has 33 heavy (non-hydrogen) atoms. The van der Waals surface area contributed by atoms with Crippen LogP contribution in [0.25, 0.3) is 17.4 Å². The number of rotatable bonds is 5. The summed E-state index contributed by atoms with van der Waals surface area (Å²) in [6, 6.07) is 12.2. The molecule has 166 valence electrons. The van der Waals surface area contributed by atoms with Crippen LogP contribution in [-0.2, 0) is 9.59 Å². The number of nitrogens with one attached hydrogen (secondary N) is 1. The maximum Gasteiger partial charge on any atom is 0.335 e. The average Bonchev–Trinajstić information content (AvgIpc) is 3.25. The summed E-state index contributed by atoms with van der Waals surface area (Å²) < 4.78 is 10.7. The van der Waals surface area contributed by atoms with Gasteiger partial charge in [-0.2, -0.15) is 0 Å². The van der Waals surface area contributed by atoms with E-state index in [4.69, 9.17) is 20.8 Å². The minimum absolute atomic E-state index is 0.0961. The second kappa shape index (κ2) is 8.64. The minimum Gasteiger partial charge on any atom is -0.545 e. The van der Waals surface area contributed by atoms with Crippen LogP contribution < -0.4 is 20.1 Å². The van der Waals surface area contributed by atoms with E-state index in [0.717, 1.165) is 4.90 Å². The van der Waals surface area contributed by atoms with Crippen molar-refractivity contribution in [2.24, 2.45) is 0 Å². The van der Waals surface area contributed by atoms with Crippen molar-refractivity contribution in [3.8, 4) is 17.1 Å². The fourth-order valence-corrected chi connectivity index (χ4v) is 3.39. The van der Waals surface area contributed by atoms with E-state index in [0.29, 0.717) is 5.75 Å². The van der Waals surface area contributed by atoms with Gasteiger partial charge in [0.15, 0.2) is 0 Å². The zero-order valence-electron chi connectivity index (χ0n) is 17.0. The Kier molecular flexibility index (Phi) is 5.72. The van der Waals surface area contributed by atoms with Crippen LogP contribution in [-0.4, -0.2) is 30.9 Å². The highest BCUT2D eigenvalue weighted by Gasteiger charge is 2.37. The van der Waals surface area contributed by atoms with E-state index in [1.807, 2.05) is 0 Å². The summed E-state index contributed by atoms with van der Waals surface area (Å²) in [5.41, 5.74) is 0.0993. The molecule has 0 radical (unpaired) electrons. The summed E-state index contributed by atoms with van der Waals surface area (Å²) >= 11 is 6.15. The van der Waals surface area contributed by atoms with Crippen molar-refractivity contribution < 1.29 is 33.4 Å². The Bertz CT molecular complexity index is 1320. The number of ether oxygens (including phenoxy) is 1. The molecule has 0 atom stereocenters. The second-order valence-corrected chi connectivity index (χ2v) is 7.25. The smallest absolute Gasteiger partial charge is 0.335 e. The summed E-state index contributed by atoms with van der Waals surface area (Å²) in [5, 5.41) is 13.5. The van der Waals surface area contributed by atoms with Gasteiger partial charge in [0.2, 0.25) is 0 Å². The Hall–Kier alpha value is -4.37. The largest absolute Gasteiger partial charge is 0.545 e. The first-order valence-corrected chi connectivity index (χ1v) is 9.83. The van der Waals surface area contributed by atoms with Gasteiger partial charge in [0.05, 0.1) is 23.8 Å². The number of carbonyl (C=O) groups is 4. The number of hydrogen-bond donors (Lipinski definition) is 1. The molecule has 4 rings (SSSR count). The van der Waals surface area contributed by atoms with Crippen molar-refractivity contribution in [2.45, 2.75) is 0 Å². The molecular weight excluding hydrogens is 452 g/mol. The van der Waals surface area contributed by atoms with Crippen LogP contribution in [0.3, 0.4) is 0 Å². The van der Waals surface area contributed by atoms with E-state index >= 15 is 0 Å². The Morgan fingerprint density at radius 1 is 1.09 bits per heavy atom. The Balaban J connectivity index is 1.67. The molecule has 4 amide bonds. The number of urea groups is 1. The number of methoxy groups -OCH3 is 1. The third kappa shape index (κ3) is 4.21. The van der Waals surface area contributed by atoms with Crippen LogP contribution in [0.2, 0.25) is 5.02 Å². The lowest BCUT2D eigenvalue weighted by atomic mass is 10.1. The molecular formula is C23H14ClN2O7-. The zero-order chi connectivity index (χ0) is 23.7. The van der Waals surface area contributed by atoms with Crippen molar-refractivity contribution in [1.29, 1.82) is 0 Å². The molecule has 0 spiro atoms. The van der Waals surface area contributed by atoms with Gasteiger partial charge in [0.1, 0.15) is 22.8 Å². The molecule has 1 aliphatic rings. The van der Waals surface area contributed by atoms with Gasteiger partial charge in [0.25, 0.3) is 11.8 Å². The van der Waals surface area contributed by atoms with Gasteiger partial charge in [-0.3, -0.25) is 14.9 Å². The monoisotopic (exact) mass is 465 g/mol. The van der Waals surface area contributed by atoms with Crippen LogP contribution in [0.4, 0.5) is 10.5 Å². The Morgan fingerprint density at radius 3 is 2.48 bits per heavy atom. The topological polar surface area (TPSA) is 129 Å². The molecule has 9 nitrogen and oxygen atoms in total. The highest BCUT2D eigenvalue weighted by molar-refractivity contribution is 6.39. The lowest BCUT2D eigenvalue weighted by Crippen LogP contribution is -2.54. The summed E-state index contributed by atoms with van der Waals surface area (Å²) in [5.74, 6) is -2.26. The molecule has 1 aromatic heterocycles. The molecule has 2 aromatic carbocycles. The number of nitrogens with zero attached hydrogens (tertiary/aromatic N) is 1. The van der Waals surface area contributed by atoms with Gasteiger partial charge >= 0.3 is 6.03 Å². The first-order valence-electron chi connectivity index (χ1n) is 9.45. The highest BCUT2D eigenvalue weighted by atomic mass is 35.5. The predicted molar refractivity (Wildman–Crippen MR) is 115 cm³/mol. The van der Waals surface area contributed by atoms with Crippen LogP contribution in [0, 0.1) is 0 Å². The number of carboxylic acid groups (broad SMARTS) is 1. The lowest BCUT2D eigenvalue weighted by Gasteiger charge is -2.26. The van der Waals surface area contributed by atoms with E-state index in [1.165, 1.54) is 55.7 Å². The third-order valence-corrected chi connectivity index (χ3v) is 5.14. The van der Waals surface area contributed by atoms with Gasteiger partial charge in [-0.15, -0.1) is 0 Å². The molecule has 0 aliphatic carbocycles. The molecule has 1 fully saturated rings. The molecule has 0 saturated carbocycles. The third-order valence-electron chi connectivity index (χ3n) is 4.81. The summed E-state index contributed by atoms with van der Waals surface area (Å²) in [7, 11) is 1.48. The predicted octanol–water partition coefficient (Wildman–Crippen LogP) is 2.64. The van der Waals surface area contributed by atoms with E-state index in [-0.39, 0.29) is 38.9 Å². The lowest BCUT2D eigenvalue weighted by molar-refractivity contribution is -0.255. The molecule has 1 saturated heterocycles. The van der Waals surface area contributed by atoms with Crippen LogP contribution in [0.1, 0.15) is 16.1 Å². The molecule has 1 aliphatic heterocycles. The van der Waals surface area contributed by atoms with E-state index in [1.54, 1.807) is 12.1 Å². The Morgan fingerprint density at radius 2 is 1.82 bits per heavy atom. The number of halogens is 1. The van der Waals surface area contributed by atoms with Crippen molar-refractivity contribution in [3.63, 3.8) is 0 Å². The van der Waals surface area contributed by atoms with E-state index in [2.05, 4.69) is 5.32 Å². The highest BCUT2D eigenvalue weighted by Crippen LogP contribution is 2.31. The number of hydrogen-bond acceptors (Lipinski definition) is 7. The minimum atomic E-state index is -1.38. The standard InChI is InChI=1S/C23H15ClN2O7/c1-32-14-5-3-13(4-6-14)26-21(28)17(20(27)25-23(26)31)11-15-7-9-19(33-15)16-10-12(22(29)30)2-8-18(16)24/h2-11H,1H3,(H,29,30)(H,25,27,31)/p-1/b17-11+. The molecule has 0 bridgehead atoms. The van der Waals surface area contributed by atoms with Crippen LogP contribution in [0.15, 0.2) is 64.6 Å². The first-order chi connectivity index (χ1) is 15.8. The SMILES string of the molecule is COc1ccc(N2C(=O)NC(=O)/C(=C\c3ccc(-c4cc(C(=O)[O-])ccc4Cl)o3)C2=O)cc1. The number of imide groups is 2. The average molecular weight is 466 g/mol. The maximum absolute atomic E-state index is 13.0. The van der Waals surface area contributed by atoms with Crippen molar-refractivity contribution >= 4 is 47.2 Å². The Labute approximate surface area is 191 Å². The van der Waals surface area contributed by atoms with Gasteiger partial charge in [-0.25, -0.2) is 9.69 Å². The summed E-state index contributed by atoms with van der Waals surface area (Å²) in [4.78, 5) is 49.6. The quantitative estimate of drug-likeness (QED) is 0.453. The normalized spacial score (nSPS) is 15.0. The first kappa shape index (κ1) is 21.8. The number of amides is 4. The second-order valence-electron chi connectivity index (χ2n) is 6.84.